The number of rotatable bonds is 0. The summed E-state index contributed by atoms with van der Waals surface area (Å²) in [6.07, 6.45) is 2.14. The van der Waals surface area contributed by atoms with Crippen LogP contribution in [0.4, 0.5) is 4.79 Å². The summed E-state index contributed by atoms with van der Waals surface area (Å²) in [7, 11) is 0. The molecule has 1 aliphatic rings. The Labute approximate surface area is 99.1 Å². The molecule has 0 radical (unpaired) electrons. The van der Waals surface area contributed by atoms with Crippen LogP contribution in [-0.4, -0.2) is 29.7 Å². The van der Waals surface area contributed by atoms with E-state index in [2.05, 4.69) is 13.8 Å². The summed E-state index contributed by atoms with van der Waals surface area (Å²) in [4.78, 5) is 13.8. The summed E-state index contributed by atoms with van der Waals surface area (Å²) >= 11 is 0. The molecule has 0 saturated carbocycles. The molecule has 0 aromatic rings. The summed E-state index contributed by atoms with van der Waals surface area (Å²) in [5.41, 5.74) is -0.391. The fourth-order valence-electron chi connectivity index (χ4n) is 2.00. The van der Waals surface area contributed by atoms with Gasteiger partial charge < -0.3 is 9.64 Å². The van der Waals surface area contributed by atoms with E-state index in [1.807, 2.05) is 25.7 Å². The zero-order chi connectivity index (χ0) is 12.3. The van der Waals surface area contributed by atoms with Crippen LogP contribution < -0.4 is 0 Å². The van der Waals surface area contributed by atoms with Gasteiger partial charge in [-0.3, -0.25) is 0 Å². The molecule has 3 nitrogen and oxygen atoms in total. The van der Waals surface area contributed by atoms with E-state index in [0.717, 1.165) is 19.5 Å². The lowest BCUT2D eigenvalue weighted by atomic mass is 9.93. The molecular formula is C13H25NO2. The van der Waals surface area contributed by atoms with Crippen LogP contribution in [0, 0.1) is 11.8 Å². The maximum atomic E-state index is 11.9. The number of carbonyl (C=O) groups is 1. The van der Waals surface area contributed by atoms with E-state index in [-0.39, 0.29) is 6.09 Å². The molecule has 3 heteroatoms. The van der Waals surface area contributed by atoms with Crippen molar-refractivity contribution in [1.82, 2.24) is 4.90 Å². The zero-order valence-corrected chi connectivity index (χ0v) is 11.2. The topological polar surface area (TPSA) is 29.5 Å². The molecule has 1 fully saturated rings. The van der Waals surface area contributed by atoms with Gasteiger partial charge in [0.2, 0.25) is 0 Å². The highest BCUT2D eigenvalue weighted by Crippen LogP contribution is 2.23. The highest BCUT2D eigenvalue weighted by molar-refractivity contribution is 5.68. The first-order chi connectivity index (χ1) is 7.29. The standard InChI is InChI=1S/C13H25NO2/c1-10-7-6-8-14(9-11(10)2)12(15)16-13(3,4)5/h10-11H,6-9H2,1-5H3. The Hall–Kier alpha value is -0.730. The first-order valence-electron chi connectivity index (χ1n) is 6.27. The smallest absolute Gasteiger partial charge is 0.410 e. The lowest BCUT2D eigenvalue weighted by Gasteiger charge is -2.28. The quantitative estimate of drug-likeness (QED) is 0.635. The molecule has 1 rings (SSSR count). The molecule has 0 aromatic heterocycles. The predicted octanol–water partition coefficient (Wildman–Crippen LogP) is 3.29. The SMILES string of the molecule is CC1CCCN(C(=O)OC(C)(C)C)CC1C. The second-order valence-electron chi connectivity index (χ2n) is 6.02. The number of ether oxygens (including phenoxy) is 1. The maximum Gasteiger partial charge on any atom is 0.410 e. The van der Waals surface area contributed by atoms with Gasteiger partial charge in [0.05, 0.1) is 0 Å². The van der Waals surface area contributed by atoms with Crippen LogP contribution in [-0.2, 0) is 4.74 Å². The number of hydrogen-bond donors (Lipinski definition) is 0. The Bertz CT molecular complexity index is 245. The van der Waals surface area contributed by atoms with E-state index in [1.165, 1.54) is 6.42 Å². The van der Waals surface area contributed by atoms with Crippen molar-refractivity contribution in [2.24, 2.45) is 11.8 Å². The normalized spacial score (nSPS) is 27.4. The van der Waals surface area contributed by atoms with Crippen LogP contribution >= 0.6 is 0 Å². The van der Waals surface area contributed by atoms with Crippen LogP contribution in [0.5, 0.6) is 0 Å². The minimum absolute atomic E-state index is 0.159. The third kappa shape index (κ3) is 4.03. The third-order valence-electron chi connectivity index (χ3n) is 3.22. The van der Waals surface area contributed by atoms with E-state index in [1.54, 1.807) is 0 Å². The van der Waals surface area contributed by atoms with Gasteiger partial charge >= 0.3 is 6.09 Å². The summed E-state index contributed by atoms with van der Waals surface area (Å²) in [6, 6.07) is 0. The van der Waals surface area contributed by atoms with Crippen molar-refractivity contribution in [3.05, 3.63) is 0 Å². The van der Waals surface area contributed by atoms with Crippen LogP contribution in [0.1, 0.15) is 47.5 Å². The number of amides is 1. The molecule has 1 saturated heterocycles. The van der Waals surface area contributed by atoms with Gasteiger partial charge in [0, 0.05) is 13.1 Å². The second-order valence-corrected chi connectivity index (χ2v) is 6.02. The van der Waals surface area contributed by atoms with Gasteiger partial charge in [-0.2, -0.15) is 0 Å². The van der Waals surface area contributed by atoms with Gasteiger partial charge in [-0.1, -0.05) is 13.8 Å². The van der Waals surface area contributed by atoms with Crippen molar-refractivity contribution in [2.75, 3.05) is 13.1 Å². The minimum atomic E-state index is -0.391. The van der Waals surface area contributed by atoms with E-state index >= 15 is 0 Å². The van der Waals surface area contributed by atoms with Gasteiger partial charge in [-0.05, 0) is 45.4 Å². The van der Waals surface area contributed by atoms with Crippen LogP contribution in [0.15, 0.2) is 0 Å². The van der Waals surface area contributed by atoms with E-state index in [0.29, 0.717) is 11.8 Å². The van der Waals surface area contributed by atoms with E-state index < -0.39 is 5.60 Å². The Morgan fingerprint density at radius 3 is 2.44 bits per heavy atom. The Kier molecular flexibility index (Phi) is 4.22. The van der Waals surface area contributed by atoms with Crippen LogP contribution in [0.2, 0.25) is 0 Å². The zero-order valence-electron chi connectivity index (χ0n) is 11.2. The average Bonchev–Trinajstić information content (AvgIpc) is 2.27. The van der Waals surface area contributed by atoms with Gasteiger partial charge in [-0.15, -0.1) is 0 Å². The minimum Gasteiger partial charge on any atom is -0.444 e. The number of hydrogen-bond acceptors (Lipinski definition) is 2. The van der Waals surface area contributed by atoms with Crippen molar-refractivity contribution in [2.45, 2.75) is 53.1 Å². The molecule has 1 amide bonds. The highest BCUT2D eigenvalue weighted by atomic mass is 16.6. The molecule has 0 aliphatic carbocycles. The molecule has 0 aromatic carbocycles. The molecule has 94 valence electrons. The Morgan fingerprint density at radius 1 is 1.25 bits per heavy atom. The van der Waals surface area contributed by atoms with Crippen molar-refractivity contribution in [1.29, 1.82) is 0 Å². The lowest BCUT2D eigenvalue weighted by molar-refractivity contribution is 0.0233. The number of carbonyl (C=O) groups excluding carboxylic acids is 1. The molecule has 2 atom stereocenters. The van der Waals surface area contributed by atoms with Gasteiger partial charge in [0.1, 0.15) is 5.60 Å². The number of nitrogens with zero attached hydrogens (tertiary/aromatic N) is 1. The first-order valence-corrected chi connectivity index (χ1v) is 6.27. The fraction of sp³-hybridized carbons (Fsp3) is 0.923. The second kappa shape index (κ2) is 5.07. The average molecular weight is 227 g/mol. The molecule has 16 heavy (non-hydrogen) atoms. The summed E-state index contributed by atoms with van der Waals surface area (Å²) < 4.78 is 5.40. The summed E-state index contributed by atoms with van der Waals surface area (Å²) in [6.45, 7) is 11.9. The lowest BCUT2D eigenvalue weighted by Crippen LogP contribution is -2.39. The molecule has 0 N–H and O–H groups in total. The monoisotopic (exact) mass is 227 g/mol. The third-order valence-corrected chi connectivity index (χ3v) is 3.22. The summed E-state index contributed by atoms with van der Waals surface area (Å²) in [5, 5.41) is 0. The van der Waals surface area contributed by atoms with Crippen molar-refractivity contribution < 1.29 is 9.53 Å². The van der Waals surface area contributed by atoms with E-state index in [4.69, 9.17) is 4.74 Å². The summed E-state index contributed by atoms with van der Waals surface area (Å²) in [5.74, 6) is 1.27. The molecular weight excluding hydrogens is 202 g/mol. The highest BCUT2D eigenvalue weighted by Gasteiger charge is 2.27. The van der Waals surface area contributed by atoms with Gasteiger partial charge in [-0.25, -0.2) is 4.79 Å². The van der Waals surface area contributed by atoms with Gasteiger partial charge in [0.25, 0.3) is 0 Å². The Morgan fingerprint density at radius 2 is 1.88 bits per heavy atom. The van der Waals surface area contributed by atoms with Crippen molar-refractivity contribution in [3.8, 4) is 0 Å². The largest absolute Gasteiger partial charge is 0.444 e. The van der Waals surface area contributed by atoms with Crippen LogP contribution in [0.25, 0.3) is 0 Å². The van der Waals surface area contributed by atoms with Crippen molar-refractivity contribution in [3.63, 3.8) is 0 Å². The van der Waals surface area contributed by atoms with E-state index in [9.17, 15) is 4.79 Å². The van der Waals surface area contributed by atoms with Crippen molar-refractivity contribution >= 4 is 6.09 Å². The molecule has 0 spiro atoms. The molecule has 0 bridgehead atoms. The molecule has 1 heterocycles. The maximum absolute atomic E-state index is 11.9. The van der Waals surface area contributed by atoms with Gasteiger partial charge in [0.15, 0.2) is 0 Å². The fourth-order valence-corrected chi connectivity index (χ4v) is 2.00. The number of likely N-dealkylation sites (tertiary alicyclic amines) is 1. The first kappa shape index (κ1) is 13.3. The molecule has 2 unspecified atom stereocenters. The predicted molar refractivity (Wildman–Crippen MR) is 65.4 cm³/mol. The Balaban J connectivity index is 2.56. The van der Waals surface area contributed by atoms with Crippen LogP contribution in [0.3, 0.4) is 0 Å². The molecule has 1 aliphatic heterocycles.